The summed E-state index contributed by atoms with van der Waals surface area (Å²) < 4.78 is 23.9. The van der Waals surface area contributed by atoms with Crippen molar-refractivity contribution >= 4 is 9.84 Å². The van der Waals surface area contributed by atoms with Gasteiger partial charge in [-0.2, -0.15) is 0 Å². The molecule has 0 bridgehead atoms. The number of hydrogen-bond donors (Lipinski definition) is 1. The van der Waals surface area contributed by atoms with E-state index in [0.29, 0.717) is 6.42 Å². The average molecular weight is 221 g/mol. The third kappa shape index (κ3) is 3.24. The average Bonchev–Trinajstić information content (AvgIpc) is 2.15. The molecule has 0 aromatic carbocycles. The van der Waals surface area contributed by atoms with Crippen LogP contribution in [0.2, 0.25) is 0 Å². The molecule has 3 nitrogen and oxygen atoms in total. The predicted octanol–water partition coefficient (Wildman–Crippen LogP) is 1.59. The fourth-order valence-corrected chi connectivity index (χ4v) is 3.23. The molecule has 86 valence electrons. The lowest BCUT2D eigenvalue weighted by Gasteiger charge is -2.23. The molecule has 0 amide bonds. The van der Waals surface area contributed by atoms with Gasteiger partial charge in [0.05, 0.1) is 10.5 Å². The quantitative estimate of drug-likeness (QED) is 0.741. The summed E-state index contributed by atoms with van der Waals surface area (Å²) in [5.41, 5.74) is 0. The van der Waals surface area contributed by atoms with Gasteiger partial charge in [0.25, 0.3) is 0 Å². The molecule has 0 heterocycles. The van der Waals surface area contributed by atoms with Crippen LogP contribution >= 0.6 is 0 Å². The smallest absolute Gasteiger partial charge is 0.156 e. The summed E-state index contributed by atoms with van der Waals surface area (Å²) >= 11 is 0. The summed E-state index contributed by atoms with van der Waals surface area (Å²) in [6, 6.07) is 0.0269. The second-order valence-corrected chi connectivity index (χ2v) is 6.59. The zero-order valence-electron chi connectivity index (χ0n) is 9.87. The van der Waals surface area contributed by atoms with Crippen molar-refractivity contribution in [2.24, 2.45) is 0 Å². The van der Waals surface area contributed by atoms with Crippen LogP contribution in [-0.2, 0) is 9.84 Å². The fraction of sp³-hybridized carbons (Fsp3) is 1.00. The Morgan fingerprint density at radius 1 is 1.14 bits per heavy atom. The van der Waals surface area contributed by atoms with E-state index in [0.717, 1.165) is 6.54 Å². The van der Waals surface area contributed by atoms with Crippen molar-refractivity contribution in [3.05, 3.63) is 0 Å². The first-order chi connectivity index (χ1) is 6.37. The molecule has 0 aliphatic rings. The maximum Gasteiger partial charge on any atom is 0.156 e. The van der Waals surface area contributed by atoms with Gasteiger partial charge < -0.3 is 5.32 Å². The van der Waals surface area contributed by atoms with E-state index in [-0.39, 0.29) is 16.5 Å². The lowest BCUT2D eigenvalue weighted by atomic mass is 10.2. The fourth-order valence-electron chi connectivity index (χ4n) is 1.37. The minimum absolute atomic E-state index is 0.0269. The van der Waals surface area contributed by atoms with Crippen molar-refractivity contribution in [2.75, 3.05) is 6.54 Å². The highest BCUT2D eigenvalue weighted by atomic mass is 32.2. The molecule has 1 N–H and O–H groups in total. The molecule has 0 aliphatic carbocycles. The summed E-state index contributed by atoms with van der Waals surface area (Å²) in [6.45, 7) is 10.2. The molecule has 0 saturated carbocycles. The Labute approximate surface area is 88.2 Å². The Morgan fingerprint density at radius 3 is 2.00 bits per heavy atom. The van der Waals surface area contributed by atoms with Crippen LogP contribution in [0.1, 0.15) is 41.0 Å². The molecule has 0 saturated heterocycles. The van der Waals surface area contributed by atoms with E-state index in [1.165, 1.54) is 0 Å². The van der Waals surface area contributed by atoms with Crippen molar-refractivity contribution in [3.63, 3.8) is 0 Å². The highest BCUT2D eigenvalue weighted by Gasteiger charge is 2.30. The molecule has 0 fully saturated rings. The predicted molar refractivity (Wildman–Crippen MR) is 61.3 cm³/mol. The van der Waals surface area contributed by atoms with Gasteiger partial charge in [0.15, 0.2) is 9.84 Å². The Bertz CT molecular complexity index is 249. The van der Waals surface area contributed by atoms with E-state index in [1.807, 2.05) is 20.8 Å². The normalized spacial score (nSPS) is 18.9. The van der Waals surface area contributed by atoms with Gasteiger partial charge in [0.2, 0.25) is 0 Å². The van der Waals surface area contributed by atoms with Crippen LogP contribution in [-0.4, -0.2) is 31.5 Å². The first kappa shape index (κ1) is 13.9. The van der Waals surface area contributed by atoms with Gasteiger partial charge in [-0.15, -0.1) is 0 Å². The zero-order valence-corrected chi connectivity index (χ0v) is 10.7. The van der Waals surface area contributed by atoms with Gasteiger partial charge in [0, 0.05) is 6.04 Å². The second-order valence-electron chi connectivity index (χ2n) is 3.86. The van der Waals surface area contributed by atoms with Crippen LogP contribution in [0.25, 0.3) is 0 Å². The van der Waals surface area contributed by atoms with Gasteiger partial charge in [-0.25, -0.2) is 8.42 Å². The van der Waals surface area contributed by atoms with E-state index in [1.54, 1.807) is 13.8 Å². The van der Waals surface area contributed by atoms with Crippen molar-refractivity contribution in [2.45, 2.75) is 57.6 Å². The first-order valence-corrected chi connectivity index (χ1v) is 6.94. The van der Waals surface area contributed by atoms with Gasteiger partial charge in [0.1, 0.15) is 0 Å². The molecular weight excluding hydrogens is 198 g/mol. The molecule has 3 unspecified atom stereocenters. The molecule has 14 heavy (non-hydrogen) atoms. The minimum Gasteiger partial charge on any atom is -0.313 e. The van der Waals surface area contributed by atoms with E-state index < -0.39 is 9.84 Å². The van der Waals surface area contributed by atoms with Crippen molar-refractivity contribution < 1.29 is 8.42 Å². The minimum atomic E-state index is -2.97. The van der Waals surface area contributed by atoms with Crippen LogP contribution in [0.5, 0.6) is 0 Å². The molecule has 0 radical (unpaired) electrons. The highest BCUT2D eigenvalue weighted by Crippen LogP contribution is 2.15. The van der Waals surface area contributed by atoms with E-state index in [4.69, 9.17) is 0 Å². The maximum atomic E-state index is 11.9. The number of hydrogen-bond acceptors (Lipinski definition) is 3. The van der Waals surface area contributed by atoms with Crippen LogP contribution in [0.4, 0.5) is 0 Å². The molecular formula is C10H23NO2S. The lowest BCUT2D eigenvalue weighted by molar-refractivity contribution is 0.512. The van der Waals surface area contributed by atoms with Crippen LogP contribution in [0.15, 0.2) is 0 Å². The van der Waals surface area contributed by atoms with Crippen LogP contribution in [0, 0.1) is 0 Å². The Balaban J connectivity index is 4.58. The Kier molecular flexibility index (Phi) is 5.67. The van der Waals surface area contributed by atoms with Gasteiger partial charge in [-0.05, 0) is 33.7 Å². The maximum absolute atomic E-state index is 11.9. The Hall–Kier alpha value is -0.0900. The van der Waals surface area contributed by atoms with Crippen LogP contribution in [0.3, 0.4) is 0 Å². The topological polar surface area (TPSA) is 46.2 Å². The molecule has 0 spiro atoms. The van der Waals surface area contributed by atoms with Gasteiger partial charge >= 0.3 is 0 Å². The van der Waals surface area contributed by atoms with Crippen molar-refractivity contribution in [3.8, 4) is 0 Å². The molecule has 0 aromatic heterocycles. The lowest BCUT2D eigenvalue weighted by Crippen LogP contribution is -2.43. The highest BCUT2D eigenvalue weighted by molar-refractivity contribution is 7.92. The summed E-state index contributed by atoms with van der Waals surface area (Å²) in [7, 11) is -2.97. The van der Waals surface area contributed by atoms with Crippen LogP contribution < -0.4 is 5.32 Å². The van der Waals surface area contributed by atoms with Crippen molar-refractivity contribution in [1.29, 1.82) is 0 Å². The molecule has 0 rings (SSSR count). The molecule has 4 heteroatoms. The largest absolute Gasteiger partial charge is 0.313 e. The molecule has 0 aliphatic heterocycles. The summed E-state index contributed by atoms with van der Waals surface area (Å²) in [6.07, 6.45) is 0.686. The summed E-state index contributed by atoms with van der Waals surface area (Å²) in [4.78, 5) is 0. The molecule has 0 aromatic rings. The van der Waals surface area contributed by atoms with E-state index in [2.05, 4.69) is 5.32 Å². The Morgan fingerprint density at radius 2 is 1.64 bits per heavy atom. The van der Waals surface area contributed by atoms with E-state index >= 15 is 0 Å². The standard InChI is InChI=1S/C10H23NO2S/c1-6-8(3)14(12,13)10(5)9(4)11-7-2/h8-11H,6-7H2,1-5H3. The third-order valence-corrected chi connectivity index (χ3v) is 5.78. The molecule has 3 atom stereocenters. The summed E-state index contributed by atoms with van der Waals surface area (Å²) in [5, 5.41) is 2.61. The number of nitrogens with one attached hydrogen (secondary N) is 1. The first-order valence-electron chi connectivity index (χ1n) is 5.33. The second kappa shape index (κ2) is 5.71. The van der Waals surface area contributed by atoms with E-state index in [9.17, 15) is 8.42 Å². The third-order valence-electron chi connectivity index (χ3n) is 2.88. The van der Waals surface area contributed by atoms with Gasteiger partial charge in [-0.1, -0.05) is 13.8 Å². The van der Waals surface area contributed by atoms with Gasteiger partial charge in [-0.3, -0.25) is 0 Å². The monoisotopic (exact) mass is 221 g/mol. The number of sulfone groups is 1. The SMILES string of the molecule is CCNC(C)C(C)S(=O)(=O)C(C)CC. The summed E-state index contributed by atoms with van der Waals surface area (Å²) in [5.74, 6) is 0. The number of rotatable bonds is 6. The van der Waals surface area contributed by atoms with Crippen molar-refractivity contribution in [1.82, 2.24) is 5.32 Å². The zero-order chi connectivity index (χ0) is 11.4.